The van der Waals surface area contributed by atoms with E-state index in [4.69, 9.17) is 14.7 Å². The fraction of sp³-hybridized carbons (Fsp3) is 0.455. The number of aromatic nitrogens is 2. The number of morpholine rings is 1. The Morgan fingerprint density at radius 1 is 1.15 bits per heavy atom. The van der Waals surface area contributed by atoms with Crippen LogP contribution < -0.4 is 4.90 Å². The summed E-state index contributed by atoms with van der Waals surface area (Å²) in [5.74, 6) is 2.84. The van der Waals surface area contributed by atoms with Crippen LogP contribution in [0.15, 0.2) is 30.3 Å². The normalized spacial score (nSPS) is 20.0. The van der Waals surface area contributed by atoms with Gasteiger partial charge in [-0.1, -0.05) is 37.3 Å². The average molecular weight is 380 g/mol. The molecule has 0 saturated carbocycles. The van der Waals surface area contributed by atoms with E-state index in [0.717, 1.165) is 56.7 Å². The van der Waals surface area contributed by atoms with Crippen molar-refractivity contribution in [1.29, 1.82) is 0 Å². The number of hydrogen-bond donors (Lipinski definition) is 0. The van der Waals surface area contributed by atoms with Gasteiger partial charge in [0.2, 0.25) is 0 Å². The number of rotatable bonds is 3. The molecule has 3 heterocycles. The van der Waals surface area contributed by atoms with E-state index in [0.29, 0.717) is 0 Å². The molecule has 3 aromatic rings. The van der Waals surface area contributed by atoms with E-state index in [2.05, 4.69) is 42.2 Å². The minimum absolute atomic E-state index is 0.772. The quantitative estimate of drug-likeness (QED) is 0.682. The average Bonchev–Trinajstić information content (AvgIpc) is 3.06. The summed E-state index contributed by atoms with van der Waals surface area (Å²) in [4.78, 5) is 15.2. The second-order valence-corrected chi connectivity index (χ2v) is 8.84. The van der Waals surface area contributed by atoms with Gasteiger partial charge in [-0.3, -0.25) is 0 Å². The maximum Gasteiger partial charge on any atom is 0.141 e. The van der Waals surface area contributed by atoms with Crippen molar-refractivity contribution >= 4 is 27.4 Å². The molecule has 0 N–H and O–H groups in total. The van der Waals surface area contributed by atoms with Gasteiger partial charge in [-0.25, -0.2) is 9.97 Å². The third kappa shape index (κ3) is 3.34. The van der Waals surface area contributed by atoms with Crippen molar-refractivity contribution in [3.63, 3.8) is 0 Å². The Morgan fingerprint density at radius 3 is 2.78 bits per heavy atom. The fourth-order valence-electron chi connectivity index (χ4n) is 4.23. The summed E-state index contributed by atoms with van der Waals surface area (Å²) in [7, 11) is 0. The highest BCUT2D eigenvalue weighted by atomic mass is 32.1. The summed E-state index contributed by atoms with van der Waals surface area (Å²) >= 11 is 1.90. The third-order valence-corrected chi connectivity index (χ3v) is 6.85. The Balaban J connectivity index is 1.62. The van der Waals surface area contributed by atoms with Crippen LogP contribution in [0.3, 0.4) is 0 Å². The molecule has 1 aromatic carbocycles. The lowest BCUT2D eigenvalue weighted by molar-refractivity contribution is 0.122. The van der Waals surface area contributed by atoms with Gasteiger partial charge in [-0.05, 0) is 36.3 Å². The minimum Gasteiger partial charge on any atom is -0.378 e. The number of hydrogen-bond acceptors (Lipinski definition) is 5. The molecule has 0 bridgehead atoms. The van der Waals surface area contributed by atoms with E-state index in [1.165, 1.54) is 39.1 Å². The Labute approximate surface area is 164 Å². The van der Waals surface area contributed by atoms with Gasteiger partial charge in [-0.15, -0.1) is 11.3 Å². The first kappa shape index (κ1) is 17.1. The predicted molar refractivity (Wildman–Crippen MR) is 111 cm³/mol. The minimum atomic E-state index is 0.772. The monoisotopic (exact) mass is 379 g/mol. The van der Waals surface area contributed by atoms with E-state index < -0.39 is 0 Å². The molecular weight excluding hydrogens is 354 g/mol. The molecule has 1 aliphatic carbocycles. The van der Waals surface area contributed by atoms with Crippen molar-refractivity contribution < 1.29 is 4.74 Å². The summed E-state index contributed by atoms with van der Waals surface area (Å²) in [5, 5.41) is 1.32. The molecule has 0 spiro atoms. The molecule has 1 fully saturated rings. The van der Waals surface area contributed by atoms with Crippen LogP contribution in [0.2, 0.25) is 0 Å². The zero-order valence-corrected chi connectivity index (χ0v) is 16.6. The third-order valence-electron chi connectivity index (χ3n) is 5.70. The first-order chi connectivity index (χ1) is 13.3. The zero-order valence-electron chi connectivity index (χ0n) is 15.8. The van der Waals surface area contributed by atoms with Crippen LogP contribution in [0.5, 0.6) is 0 Å². The van der Waals surface area contributed by atoms with E-state index in [9.17, 15) is 0 Å². The van der Waals surface area contributed by atoms with E-state index >= 15 is 0 Å². The lowest BCUT2D eigenvalue weighted by Crippen LogP contribution is -2.37. The largest absolute Gasteiger partial charge is 0.378 e. The highest BCUT2D eigenvalue weighted by molar-refractivity contribution is 7.19. The Morgan fingerprint density at radius 2 is 1.96 bits per heavy atom. The van der Waals surface area contributed by atoms with Crippen LogP contribution >= 0.6 is 11.3 Å². The molecular formula is C22H25N3OS. The van der Waals surface area contributed by atoms with E-state index in [1.54, 1.807) is 0 Å². The van der Waals surface area contributed by atoms with Gasteiger partial charge in [0.25, 0.3) is 0 Å². The number of anilines is 1. The fourth-order valence-corrected chi connectivity index (χ4v) is 5.62. The summed E-state index contributed by atoms with van der Waals surface area (Å²) in [6, 6.07) is 10.5. The predicted octanol–water partition coefficient (Wildman–Crippen LogP) is 4.24. The molecule has 4 nitrogen and oxygen atoms in total. The van der Waals surface area contributed by atoms with Gasteiger partial charge in [0, 0.05) is 24.4 Å². The second kappa shape index (κ2) is 7.21. The van der Waals surface area contributed by atoms with Crippen LogP contribution in [0.4, 0.5) is 5.82 Å². The SMILES string of the molecule is C[C@@H]1CCc2c(sc3nc(Cc4ccccc4)nc(N4CCOCC4)c23)C1. The lowest BCUT2D eigenvalue weighted by atomic mass is 9.89. The van der Waals surface area contributed by atoms with Gasteiger partial charge in [-0.2, -0.15) is 0 Å². The van der Waals surface area contributed by atoms with Crippen molar-refractivity contribution in [2.24, 2.45) is 5.92 Å². The molecule has 0 amide bonds. The molecule has 1 saturated heterocycles. The van der Waals surface area contributed by atoms with Crippen LogP contribution in [-0.2, 0) is 24.0 Å². The van der Waals surface area contributed by atoms with Crippen LogP contribution in [-0.4, -0.2) is 36.3 Å². The number of ether oxygens (including phenoxy) is 1. The lowest BCUT2D eigenvalue weighted by Gasteiger charge is -2.29. The first-order valence-corrected chi connectivity index (χ1v) is 10.8. The molecule has 27 heavy (non-hydrogen) atoms. The highest BCUT2D eigenvalue weighted by Crippen LogP contribution is 2.41. The van der Waals surface area contributed by atoms with Crippen molar-refractivity contribution in [2.45, 2.75) is 32.6 Å². The van der Waals surface area contributed by atoms with Crippen LogP contribution in [0, 0.1) is 5.92 Å². The van der Waals surface area contributed by atoms with E-state index in [1.807, 2.05) is 11.3 Å². The van der Waals surface area contributed by atoms with Crippen molar-refractivity contribution in [1.82, 2.24) is 9.97 Å². The standard InChI is InChI=1S/C22H25N3OS/c1-15-7-8-17-18(13-15)27-22-20(17)21(25-9-11-26-12-10-25)23-19(24-22)14-16-5-3-2-4-6-16/h2-6,15H,7-14H2,1H3/t15-/m1/s1. The van der Waals surface area contributed by atoms with Crippen LogP contribution in [0.1, 0.15) is 35.2 Å². The number of fused-ring (bicyclic) bond motifs is 3. The molecule has 2 aliphatic rings. The summed E-state index contributed by atoms with van der Waals surface area (Å²) < 4.78 is 5.58. The summed E-state index contributed by atoms with van der Waals surface area (Å²) in [6.45, 7) is 5.75. The molecule has 140 valence electrons. The number of thiophene rings is 1. The molecule has 0 radical (unpaired) electrons. The molecule has 5 heteroatoms. The maximum absolute atomic E-state index is 5.58. The van der Waals surface area contributed by atoms with Crippen molar-refractivity contribution in [2.75, 3.05) is 31.2 Å². The number of benzene rings is 1. The Bertz CT molecular complexity index is 947. The zero-order chi connectivity index (χ0) is 18.2. The van der Waals surface area contributed by atoms with Gasteiger partial charge in [0.15, 0.2) is 0 Å². The molecule has 0 unspecified atom stereocenters. The molecule has 1 aliphatic heterocycles. The maximum atomic E-state index is 5.58. The second-order valence-electron chi connectivity index (χ2n) is 7.76. The summed E-state index contributed by atoms with van der Waals surface area (Å²) in [5.41, 5.74) is 2.78. The van der Waals surface area contributed by atoms with Gasteiger partial charge < -0.3 is 9.64 Å². The molecule has 2 aromatic heterocycles. The smallest absolute Gasteiger partial charge is 0.141 e. The van der Waals surface area contributed by atoms with Crippen molar-refractivity contribution in [3.8, 4) is 0 Å². The summed E-state index contributed by atoms with van der Waals surface area (Å²) in [6.07, 6.45) is 4.41. The highest BCUT2D eigenvalue weighted by Gasteiger charge is 2.26. The molecule has 1 atom stereocenters. The number of aryl methyl sites for hydroxylation is 1. The first-order valence-electron chi connectivity index (χ1n) is 9.95. The Hall–Kier alpha value is -1.98. The topological polar surface area (TPSA) is 38.2 Å². The van der Waals surface area contributed by atoms with Gasteiger partial charge in [0.1, 0.15) is 16.5 Å². The van der Waals surface area contributed by atoms with Crippen molar-refractivity contribution in [3.05, 3.63) is 52.2 Å². The molecule has 5 rings (SSSR count). The van der Waals surface area contributed by atoms with Crippen LogP contribution in [0.25, 0.3) is 10.2 Å². The van der Waals surface area contributed by atoms with Gasteiger partial charge >= 0.3 is 0 Å². The Kier molecular flexibility index (Phi) is 4.58. The van der Waals surface area contributed by atoms with Gasteiger partial charge in [0.05, 0.1) is 18.6 Å². The van der Waals surface area contributed by atoms with E-state index in [-0.39, 0.29) is 0 Å². The number of nitrogens with zero attached hydrogens (tertiary/aromatic N) is 3.